The molecule has 1 aliphatic rings. The maximum atomic E-state index is 12.9. The van der Waals surface area contributed by atoms with E-state index in [0.717, 1.165) is 17.1 Å². The van der Waals surface area contributed by atoms with Crippen molar-refractivity contribution in [3.63, 3.8) is 0 Å². The van der Waals surface area contributed by atoms with Gasteiger partial charge < -0.3 is 0 Å². The Labute approximate surface area is 170 Å². The predicted molar refractivity (Wildman–Crippen MR) is 109 cm³/mol. The molecule has 2 aromatic carbocycles. The van der Waals surface area contributed by atoms with Gasteiger partial charge in [0.15, 0.2) is 5.82 Å². The molecule has 152 valence electrons. The summed E-state index contributed by atoms with van der Waals surface area (Å²) in [6.45, 7) is 6.70. The fourth-order valence-electron chi connectivity index (χ4n) is 3.38. The second-order valence-electron chi connectivity index (χ2n) is 7.34. The summed E-state index contributed by atoms with van der Waals surface area (Å²) >= 11 is 0. The molecule has 0 aliphatic carbocycles. The van der Waals surface area contributed by atoms with Crippen LogP contribution in [0.2, 0.25) is 0 Å². The summed E-state index contributed by atoms with van der Waals surface area (Å²) in [6, 6.07) is 15.0. The molecule has 0 radical (unpaired) electrons. The van der Waals surface area contributed by atoms with E-state index in [1.165, 1.54) is 5.56 Å². The monoisotopic (exact) mass is 412 g/mol. The molecule has 2 heterocycles. The van der Waals surface area contributed by atoms with E-state index in [-0.39, 0.29) is 0 Å². The molecule has 0 atom stereocenters. The van der Waals surface area contributed by atoms with Crippen molar-refractivity contribution in [3.8, 4) is 5.69 Å². The summed E-state index contributed by atoms with van der Waals surface area (Å²) in [4.78, 5) is 2.53. The van der Waals surface area contributed by atoms with Crippen LogP contribution >= 0.6 is 0 Å². The van der Waals surface area contributed by atoms with E-state index in [4.69, 9.17) is 0 Å². The molecule has 1 aromatic heterocycles. The van der Waals surface area contributed by atoms with Gasteiger partial charge >= 0.3 is 0 Å². The molecule has 29 heavy (non-hydrogen) atoms. The van der Waals surface area contributed by atoms with Gasteiger partial charge in [-0.2, -0.15) is 8.99 Å². The highest BCUT2D eigenvalue weighted by atomic mass is 32.2. The van der Waals surface area contributed by atoms with Crippen LogP contribution in [0.15, 0.2) is 53.4 Å². The molecule has 4 rings (SSSR count). The fourth-order valence-corrected chi connectivity index (χ4v) is 4.80. The topological polar surface area (TPSA) is 84.2 Å². The van der Waals surface area contributed by atoms with E-state index in [0.29, 0.717) is 37.6 Å². The molecular weight excluding hydrogens is 388 g/mol. The van der Waals surface area contributed by atoms with Crippen molar-refractivity contribution in [1.82, 2.24) is 29.4 Å². The molecule has 0 saturated carbocycles. The van der Waals surface area contributed by atoms with Crippen LogP contribution in [0, 0.1) is 13.8 Å². The van der Waals surface area contributed by atoms with Gasteiger partial charge in [0.1, 0.15) is 0 Å². The van der Waals surface area contributed by atoms with Crippen molar-refractivity contribution in [2.24, 2.45) is 0 Å². The maximum absolute atomic E-state index is 12.9. The number of piperazine rings is 1. The van der Waals surface area contributed by atoms with Crippen molar-refractivity contribution in [3.05, 3.63) is 65.5 Å². The number of benzene rings is 2. The highest BCUT2D eigenvalue weighted by molar-refractivity contribution is 7.89. The first-order chi connectivity index (χ1) is 13.9. The summed E-state index contributed by atoms with van der Waals surface area (Å²) in [5.74, 6) is 0.740. The zero-order chi connectivity index (χ0) is 20.4. The summed E-state index contributed by atoms with van der Waals surface area (Å²) in [6.07, 6.45) is 0. The first-order valence-electron chi connectivity index (χ1n) is 9.57. The van der Waals surface area contributed by atoms with Crippen LogP contribution in [0.4, 0.5) is 0 Å². The van der Waals surface area contributed by atoms with Crippen molar-refractivity contribution in [1.29, 1.82) is 0 Å². The Morgan fingerprint density at radius 2 is 1.45 bits per heavy atom. The van der Waals surface area contributed by atoms with E-state index in [1.807, 2.05) is 50.2 Å². The quantitative estimate of drug-likeness (QED) is 0.635. The second-order valence-corrected chi connectivity index (χ2v) is 9.27. The number of sulfonamides is 1. The molecule has 0 spiro atoms. The number of aromatic nitrogens is 4. The Morgan fingerprint density at radius 1 is 0.862 bits per heavy atom. The normalized spacial score (nSPS) is 16.2. The maximum Gasteiger partial charge on any atom is 0.243 e. The van der Waals surface area contributed by atoms with E-state index < -0.39 is 10.0 Å². The number of rotatable bonds is 5. The lowest BCUT2D eigenvalue weighted by atomic mass is 10.2. The summed E-state index contributed by atoms with van der Waals surface area (Å²) < 4.78 is 29.0. The first kappa shape index (κ1) is 19.7. The molecule has 0 unspecified atom stereocenters. The number of aryl methyl sites for hydroxylation is 2. The van der Waals surface area contributed by atoms with E-state index in [9.17, 15) is 8.42 Å². The number of hydrogen-bond donors (Lipinski definition) is 0. The third-order valence-electron chi connectivity index (χ3n) is 5.17. The van der Waals surface area contributed by atoms with Crippen LogP contribution in [0.5, 0.6) is 0 Å². The zero-order valence-corrected chi connectivity index (χ0v) is 17.4. The van der Waals surface area contributed by atoms with Gasteiger partial charge in [0.05, 0.1) is 17.1 Å². The van der Waals surface area contributed by atoms with E-state index >= 15 is 0 Å². The zero-order valence-electron chi connectivity index (χ0n) is 16.6. The summed E-state index contributed by atoms with van der Waals surface area (Å²) in [5, 5.41) is 12.1. The van der Waals surface area contributed by atoms with Crippen LogP contribution in [0.1, 0.15) is 17.0 Å². The SMILES string of the molecule is Cc1ccc(-n2nnnc2CN2CCN(S(=O)(=O)c3ccc(C)cc3)CC2)cc1. The standard InChI is InChI=1S/C20H24N6O2S/c1-16-3-7-18(8-4-16)26-20(21-22-23-26)15-24-11-13-25(14-12-24)29(27,28)19-9-5-17(2)6-10-19/h3-10H,11-15H2,1-2H3. The number of nitrogens with zero attached hydrogens (tertiary/aromatic N) is 6. The van der Waals surface area contributed by atoms with Crippen molar-refractivity contribution in [2.45, 2.75) is 25.3 Å². The molecule has 1 aliphatic heterocycles. The molecule has 3 aromatic rings. The van der Waals surface area contributed by atoms with Gasteiger partial charge in [-0.05, 0) is 48.5 Å². The summed E-state index contributed by atoms with van der Waals surface area (Å²) in [7, 11) is -3.46. The molecule has 1 fully saturated rings. The van der Waals surface area contributed by atoms with Crippen LogP contribution in [0.3, 0.4) is 0 Å². The van der Waals surface area contributed by atoms with Gasteiger partial charge in [0.25, 0.3) is 0 Å². The Bertz CT molecular complexity index is 1070. The Morgan fingerprint density at radius 3 is 2.07 bits per heavy atom. The predicted octanol–water partition coefficient (Wildman–Crippen LogP) is 1.79. The Balaban J connectivity index is 1.42. The van der Waals surface area contributed by atoms with Crippen LogP contribution < -0.4 is 0 Å². The van der Waals surface area contributed by atoms with Crippen LogP contribution in [0.25, 0.3) is 5.69 Å². The average Bonchev–Trinajstić information content (AvgIpc) is 3.17. The van der Waals surface area contributed by atoms with Crippen molar-refractivity contribution >= 4 is 10.0 Å². The largest absolute Gasteiger partial charge is 0.293 e. The Kier molecular flexibility index (Phi) is 5.44. The van der Waals surface area contributed by atoms with Gasteiger partial charge in [-0.1, -0.05) is 35.4 Å². The Hall–Kier alpha value is -2.62. The molecule has 0 amide bonds. The fraction of sp³-hybridized carbons (Fsp3) is 0.350. The first-order valence-corrected chi connectivity index (χ1v) is 11.0. The van der Waals surface area contributed by atoms with E-state index in [1.54, 1.807) is 21.1 Å². The molecule has 0 N–H and O–H groups in total. The molecular formula is C20H24N6O2S. The molecule has 0 bridgehead atoms. The van der Waals surface area contributed by atoms with Gasteiger partial charge in [-0.3, -0.25) is 4.90 Å². The average molecular weight is 413 g/mol. The van der Waals surface area contributed by atoms with Crippen molar-refractivity contribution < 1.29 is 8.42 Å². The van der Waals surface area contributed by atoms with Crippen molar-refractivity contribution in [2.75, 3.05) is 26.2 Å². The second kappa shape index (κ2) is 8.02. The lowest BCUT2D eigenvalue weighted by Gasteiger charge is -2.33. The minimum atomic E-state index is -3.46. The smallest absolute Gasteiger partial charge is 0.243 e. The minimum Gasteiger partial charge on any atom is -0.293 e. The lowest BCUT2D eigenvalue weighted by Crippen LogP contribution is -2.48. The highest BCUT2D eigenvalue weighted by Gasteiger charge is 2.29. The third kappa shape index (κ3) is 4.21. The lowest BCUT2D eigenvalue weighted by molar-refractivity contribution is 0.177. The molecule has 1 saturated heterocycles. The minimum absolute atomic E-state index is 0.347. The van der Waals surface area contributed by atoms with Gasteiger partial charge in [-0.25, -0.2) is 8.42 Å². The molecule has 8 nitrogen and oxygen atoms in total. The number of hydrogen-bond acceptors (Lipinski definition) is 6. The van der Waals surface area contributed by atoms with Gasteiger partial charge in [-0.15, -0.1) is 5.10 Å². The molecule has 9 heteroatoms. The van der Waals surface area contributed by atoms with E-state index in [2.05, 4.69) is 20.4 Å². The highest BCUT2D eigenvalue weighted by Crippen LogP contribution is 2.19. The summed E-state index contributed by atoms with van der Waals surface area (Å²) in [5.41, 5.74) is 3.13. The van der Waals surface area contributed by atoms with Gasteiger partial charge in [0, 0.05) is 26.2 Å². The third-order valence-corrected chi connectivity index (χ3v) is 7.08. The number of tetrazole rings is 1. The van der Waals surface area contributed by atoms with Gasteiger partial charge in [0.2, 0.25) is 10.0 Å². The van der Waals surface area contributed by atoms with Crippen LogP contribution in [-0.4, -0.2) is 64.0 Å². The van der Waals surface area contributed by atoms with Crippen LogP contribution in [-0.2, 0) is 16.6 Å².